The van der Waals surface area contributed by atoms with Gasteiger partial charge in [-0.05, 0) is 90.9 Å². The topological polar surface area (TPSA) is 0 Å². The van der Waals surface area contributed by atoms with Crippen molar-refractivity contribution in [2.45, 2.75) is 122 Å². The van der Waals surface area contributed by atoms with E-state index in [2.05, 4.69) is 6.92 Å². The van der Waals surface area contributed by atoms with E-state index in [1.165, 1.54) is 64.2 Å². The summed E-state index contributed by atoms with van der Waals surface area (Å²) in [5.74, 6) is -0.756. The molecule has 0 saturated heterocycles. The summed E-state index contributed by atoms with van der Waals surface area (Å²) in [4.78, 5) is 0. The van der Waals surface area contributed by atoms with Crippen molar-refractivity contribution in [2.24, 2.45) is 17.8 Å². The molecule has 0 aromatic heterocycles. The summed E-state index contributed by atoms with van der Waals surface area (Å²) in [6.07, 6.45) is 18.9. The molecule has 0 spiro atoms. The van der Waals surface area contributed by atoms with Gasteiger partial charge in [0.1, 0.15) is 0 Å². The maximum atomic E-state index is 15.5. The Balaban J connectivity index is 1.16. The molecule has 0 heterocycles. The SMILES string of the molecule is CCCCCCCC1CCC(C2CCC(c3ccc(-c4ccc(-c5ccc(CCC)c(F)c5F)cc4)c(F)c3F)CC2)CC1. The second kappa shape index (κ2) is 15.6. The molecular formula is C40H50F4. The van der Waals surface area contributed by atoms with E-state index in [9.17, 15) is 8.78 Å². The molecule has 2 saturated carbocycles. The van der Waals surface area contributed by atoms with Crippen molar-refractivity contribution in [3.63, 3.8) is 0 Å². The fourth-order valence-corrected chi connectivity index (χ4v) is 8.09. The van der Waals surface area contributed by atoms with Crippen molar-refractivity contribution in [3.05, 3.63) is 82.9 Å². The van der Waals surface area contributed by atoms with Crippen LogP contribution in [0.5, 0.6) is 0 Å². The maximum absolute atomic E-state index is 15.5. The van der Waals surface area contributed by atoms with Gasteiger partial charge in [0, 0.05) is 11.1 Å². The van der Waals surface area contributed by atoms with E-state index in [4.69, 9.17) is 0 Å². The molecule has 0 amide bonds. The van der Waals surface area contributed by atoms with Gasteiger partial charge in [-0.3, -0.25) is 0 Å². The zero-order valence-electron chi connectivity index (χ0n) is 26.8. The monoisotopic (exact) mass is 606 g/mol. The summed E-state index contributed by atoms with van der Waals surface area (Å²) in [6, 6.07) is 13.2. The van der Waals surface area contributed by atoms with Gasteiger partial charge in [-0.15, -0.1) is 0 Å². The third kappa shape index (κ3) is 7.60. The second-order valence-electron chi connectivity index (χ2n) is 13.7. The highest BCUT2D eigenvalue weighted by molar-refractivity contribution is 5.71. The minimum atomic E-state index is -0.874. The van der Waals surface area contributed by atoms with Crippen LogP contribution in [-0.4, -0.2) is 0 Å². The zero-order chi connectivity index (χ0) is 31.1. The molecule has 0 bridgehead atoms. The van der Waals surface area contributed by atoms with Crippen molar-refractivity contribution in [3.8, 4) is 22.3 Å². The molecular weight excluding hydrogens is 556 g/mol. The smallest absolute Gasteiger partial charge is 0.166 e. The Morgan fingerprint density at radius 3 is 1.66 bits per heavy atom. The van der Waals surface area contributed by atoms with E-state index >= 15 is 8.78 Å². The van der Waals surface area contributed by atoms with Crippen LogP contribution in [0.3, 0.4) is 0 Å². The Bertz CT molecular complexity index is 1340. The summed E-state index contributed by atoms with van der Waals surface area (Å²) in [7, 11) is 0. The third-order valence-electron chi connectivity index (χ3n) is 10.8. The molecule has 0 radical (unpaired) electrons. The molecule has 4 heteroatoms. The minimum Gasteiger partial charge on any atom is -0.203 e. The van der Waals surface area contributed by atoms with E-state index in [1.54, 1.807) is 48.5 Å². The number of hydrogen-bond donors (Lipinski definition) is 0. The van der Waals surface area contributed by atoms with Crippen LogP contribution < -0.4 is 0 Å². The molecule has 2 aliphatic carbocycles. The molecule has 0 atom stereocenters. The highest BCUT2D eigenvalue weighted by atomic mass is 19.2. The molecule has 0 aliphatic heterocycles. The third-order valence-corrected chi connectivity index (χ3v) is 10.8. The number of rotatable bonds is 12. The van der Waals surface area contributed by atoms with Crippen LogP contribution in [-0.2, 0) is 6.42 Å². The van der Waals surface area contributed by atoms with Crippen LogP contribution in [0.4, 0.5) is 17.6 Å². The van der Waals surface area contributed by atoms with Gasteiger partial charge in [-0.2, -0.15) is 0 Å². The normalized spacial score (nSPS) is 22.3. The van der Waals surface area contributed by atoms with Crippen LogP contribution in [0.25, 0.3) is 22.3 Å². The van der Waals surface area contributed by atoms with E-state index in [0.29, 0.717) is 28.7 Å². The average Bonchev–Trinajstić information content (AvgIpc) is 3.05. The molecule has 0 unspecified atom stereocenters. The molecule has 2 fully saturated rings. The first-order valence-corrected chi connectivity index (χ1v) is 17.5. The lowest BCUT2D eigenvalue weighted by molar-refractivity contribution is 0.155. The van der Waals surface area contributed by atoms with Gasteiger partial charge < -0.3 is 0 Å². The highest BCUT2D eigenvalue weighted by Gasteiger charge is 2.32. The van der Waals surface area contributed by atoms with E-state index in [1.807, 2.05) is 6.92 Å². The van der Waals surface area contributed by atoms with Gasteiger partial charge in [0.2, 0.25) is 0 Å². The minimum absolute atomic E-state index is 0.0604. The first-order chi connectivity index (χ1) is 21.4. The summed E-state index contributed by atoms with van der Waals surface area (Å²) < 4.78 is 60.2. The zero-order valence-corrected chi connectivity index (χ0v) is 26.8. The van der Waals surface area contributed by atoms with Gasteiger partial charge in [-0.25, -0.2) is 17.6 Å². The van der Waals surface area contributed by atoms with Crippen LogP contribution in [0.15, 0.2) is 48.5 Å². The molecule has 3 aromatic rings. The van der Waals surface area contributed by atoms with Crippen LogP contribution >= 0.6 is 0 Å². The van der Waals surface area contributed by atoms with Gasteiger partial charge in [0.15, 0.2) is 23.3 Å². The van der Waals surface area contributed by atoms with Crippen LogP contribution in [0.1, 0.15) is 127 Å². The van der Waals surface area contributed by atoms with Crippen molar-refractivity contribution in [2.75, 3.05) is 0 Å². The fraction of sp³-hybridized carbons (Fsp3) is 0.550. The number of aryl methyl sites for hydroxylation is 1. The standard InChI is InChI=1S/C40H50F4/c1-3-5-6-7-8-10-27-11-13-28(14-12-27)29-15-17-30(18-16-29)35-25-26-36(40(44)39(35)43)32-21-19-31(20-22-32)34-24-23-33(9-4-2)37(41)38(34)42/h19-30H,3-18H2,1-2H3. The highest BCUT2D eigenvalue weighted by Crippen LogP contribution is 2.45. The van der Waals surface area contributed by atoms with Crippen molar-refractivity contribution >= 4 is 0 Å². The average molecular weight is 607 g/mol. The van der Waals surface area contributed by atoms with Gasteiger partial charge in [0.25, 0.3) is 0 Å². The maximum Gasteiger partial charge on any atom is 0.166 e. The van der Waals surface area contributed by atoms with Gasteiger partial charge >= 0.3 is 0 Å². The Kier molecular flexibility index (Phi) is 11.6. The van der Waals surface area contributed by atoms with E-state index in [0.717, 1.165) is 49.9 Å². The predicted molar refractivity (Wildman–Crippen MR) is 175 cm³/mol. The van der Waals surface area contributed by atoms with Gasteiger partial charge in [-0.1, -0.05) is 120 Å². The second-order valence-corrected chi connectivity index (χ2v) is 13.7. The number of hydrogen-bond acceptors (Lipinski definition) is 0. The Morgan fingerprint density at radius 1 is 0.523 bits per heavy atom. The van der Waals surface area contributed by atoms with Crippen LogP contribution in [0.2, 0.25) is 0 Å². The number of halogens is 4. The fourth-order valence-electron chi connectivity index (χ4n) is 8.09. The quantitative estimate of drug-likeness (QED) is 0.142. The Morgan fingerprint density at radius 2 is 1.07 bits per heavy atom. The first-order valence-electron chi connectivity index (χ1n) is 17.5. The number of unbranched alkanes of at least 4 members (excludes halogenated alkanes) is 4. The van der Waals surface area contributed by atoms with Crippen LogP contribution in [0, 0.1) is 41.0 Å². The molecule has 2 aliphatic rings. The lowest BCUT2D eigenvalue weighted by atomic mass is 9.68. The molecule has 0 N–H and O–H groups in total. The largest absolute Gasteiger partial charge is 0.203 e. The first kappa shape index (κ1) is 32.8. The summed E-state index contributed by atoms with van der Waals surface area (Å²) in [5.41, 5.74) is 2.23. The Labute approximate surface area is 262 Å². The van der Waals surface area contributed by atoms with Gasteiger partial charge in [0.05, 0.1) is 0 Å². The molecule has 238 valence electrons. The molecule has 44 heavy (non-hydrogen) atoms. The lowest BCUT2D eigenvalue weighted by Crippen LogP contribution is -2.25. The lowest BCUT2D eigenvalue weighted by Gasteiger charge is -2.38. The molecule has 5 rings (SSSR count). The van der Waals surface area contributed by atoms with E-state index < -0.39 is 23.3 Å². The Hall–Kier alpha value is -2.62. The van der Waals surface area contributed by atoms with Crippen molar-refractivity contribution in [1.29, 1.82) is 0 Å². The predicted octanol–water partition coefficient (Wildman–Crippen LogP) is 13.0. The number of benzene rings is 3. The molecule has 3 aromatic carbocycles. The molecule has 0 nitrogen and oxygen atoms in total. The summed E-state index contributed by atoms with van der Waals surface area (Å²) in [6.45, 7) is 4.19. The van der Waals surface area contributed by atoms with Crippen molar-refractivity contribution in [1.82, 2.24) is 0 Å². The van der Waals surface area contributed by atoms with E-state index in [-0.39, 0.29) is 17.0 Å². The summed E-state index contributed by atoms with van der Waals surface area (Å²) in [5, 5.41) is 0. The summed E-state index contributed by atoms with van der Waals surface area (Å²) >= 11 is 0. The van der Waals surface area contributed by atoms with Crippen molar-refractivity contribution < 1.29 is 17.6 Å².